The van der Waals surface area contributed by atoms with E-state index >= 15 is 0 Å². The minimum Gasteiger partial charge on any atom is -0.480 e. The molecule has 0 saturated carbocycles. The van der Waals surface area contributed by atoms with Gasteiger partial charge in [0.25, 0.3) is 0 Å². The summed E-state index contributed by atoms with van der Waals surface area (Å²) in [5.41, 5.74) is 5.12. The van der Waals surface area contributed by atoms with Gasteiger partial charge in [-0.25, -0.2) is 4.79 Å². The molecule has 1 heterocycles. The third-order valence-electron chi connectivity index (χ3n) is 2.75. The van der Waals surface area contributed by atoms with Gasteiger partial charge < -0.3 is 21.1 Å². The number of hydrogen-bond acceptors (Lipinski definition) is 4. The van der Waals surface area contributed by atoms with Crippen LogP contribution in [0, 0.1) is 0 Å². The SMILES string of the molecule is CC(NC(=O)CN)C(=O)N1CCCC1C(=O)O. The molecule has 0 radical (unpaired) electrons. The molecule has 96 valence electrons. The molecular weight excluding hydrogens is 226 g/mol. The van der Waals surface area contributed by atoms with Gasteiger partial charge in [0.05, 0.1) is 6.54 Å². The van der Waals surface area contributed by atoms with E-state index in [1.54, 1.807) is 0 Å². The summed E-state index contributed by atoms with van der Waals surface area (Å²) in [4.78, 5) is 35.2. The summed E-state index contributed by atoms with van der Waals surface area (Å²) in [6, 6.07) is -1.52. The standard InChI is InChI=1S/C10H17N3O4/c1-6(12-8(14)5-11)9(15)13-4-2-3-7(13)10(16)17/h6-7H,2-5,11H2,1H3,(H,12,14)(H,16,17). The number of carboxylic acid groups (broad SMARTS) is 1. The summed E-state index contributed by atoms with van der Waals surface area (Å²) in [6.07, 6.45) is 1.12. The highest BCUT2D eigenvalue weighted by atomic mass is 16.4. The molecule has 0 aromatic carbocycles. The van der Waals surface area contributed by atoms with Crippen molar-refractivity contribution < 1.29 is 19.5 Å². The molecule has 0 bridgehead atoms. The Hall–Kier alpha value is -1.63. The Morgan fingerprint density at radius 1 is 1.53 bits per heavy atom. The molecule has 1 fully saturated rings. The first-order chi connectivity index (χ1) is 7.97. The van der Waals surface area contributed by atoms with E-state index in [1.165, 1.54) is 11.8 Å². The molecule has 1 rings (SSSR count). The van der Waals surface area contributed by atoms with Gasteiger partial charge in [0.15, 0.2) is 0 Å². The van der Waals surface area contributed by atoms with Crippen molar-refractivity contribution in [2.24, 2.45) is 5.73 Å². The van der Waals surface area contributed by atoms with E-state index in [2.05, 4.69) is 5.32 Å². The minimum atomic E-state index is -1.01. The van der Waals surface area contributed by atoms with Crippen molar-refractivity contribution in [3.05, 3.63) is 0 Å². The third kappa shape index (κ3) is 3.16. The highest BCUT2D eigenvalue weighted by Crippen LogP contribution is 2.18. The Kier molecular flexibility index (Phi) is 4.45. The van der Waals surface area contributed by atoms with Gasteiger partial charge in [0.2, 0.25) is 11.8 Å². The van der Waals surface area contributed by atoms with Crippen LogP contribution in [0.5, 0.6) is 0 Å². The maximum Gasteiger partial charge on any atom is 0.326 e. The summed E-state index contributed by atoms with van der Waals surface area (Å²) in [5, 5.41) is 11.4. The van der Waals surface area contributed by atoms with Crippen LogP contribution in [0.25, 0.3) is 0 Å². The van der Waals surface area contributed by atoms with Gasteiger partial charge >= 0.3 is 5.97 Å². The first kappa shape index (κ1) is 13.4. The fourth-order valence-corrected chi connectivity index (χ4v) is 1.90. The fourth-order valence-electron chi connectivity index (χ4n) is 1.90. The van der Waals surface area contributed by atoms with E-state index in [9.17, 15) is 14.4 Å². The number of carbonyl (C=O) groups is 3. The lowest BCUT2D eigenvalue weighted by Crippen LogP contribution is -2.51. The Bertz CT molecular complexity index is 332. The van der Waals surface area contributed by atoms with Gasteiger partial charge in [-0.1, -0.05) is 0 Å². The number of hydrogen-bond donors (Lipinski definition) is 3. The highest BCUT2D eigenvalue weighted by Gasteiger charge is 2.35. The van der Waals surface area contributed by atoms with Gasteiger partial charge in [0, 0.05) is 6.54 Å². The van der Waals surface area contributed by atoms with Crippen molar-refractivity contribution in [3.63, 3.8) is 0 Å². The molecule has 0 aromatic heterocycles. The monoisotopic (exact) mass is 243 g/mol. The second-order valence-electron chi connectivity index (χ2n) is 4.02. The number of nitrogens with zero attached hydrogens (tertiary/aromatic N) is 1. The Morgan fingerprint density at radius 3 is 2.71 bits per heavy atom. The molecule has 17 heavy (non-hydrogen) atoms. The van der Waals surface area contributed by atoms with Crippen molar-refractivity contribution in [3.8, 4) is 0 Å². The zero-order chi connectivity index (χ0) is 13.0. The summed E-state index contributed by atoms with van der Waals surface area (Å²) in [5.74, 6) is -1.82. The molecule has 7 heteroatoms. The first-order valence-corrected chi connectivity index (χ1v) is 5.50. The maximum atomic E-state index is 11.9. The number of carbonyl (C=O) groups excluding carboxylic acids is 2. The molecule has 2 amide bonds. The van der Waals surface area contributed by atoms with E-state index in [0.717, 1.165) is 0 Å². The number of nitrogens with one attached hydrogen (secondary N) is 1. The Morgan fingerprint density at radius 2 is 2.18 bits per heavy atom. The summed E-state index contributed by atoms with van der Waals surface area (Å²) >= 11 is 0. The van der Waals surface area contributed by atoms with Crippen LogP contribution in [0.15, 0.2) is 0 Å². The topological polar surface area (TPSA) is 113 Å². The molecule has 1 saturated heterocycles. The van der Waals surface area contributed by atoms with E-state index in [0.29, 0.717) is 19.4 Å². The van der Waals surface area contributed by atoms with Gasteiger partial charge in [-0.05, 0) is 19.8 Å². The normalized spacial score (nSPS) is 21.1. The number of aliphatic carboxylic acids is 1. The second kappa shape index (κ2) is 5.62. The first-order valence-electron chi connectivity index (χ1n) is 5.50. The molecule has 1 aliphatic rings. The predicted molar refractivity (Wildman–Crippen MR) is 59.0 cm³/mol. The molecule has 0 spiro atoms. The zero-order valence-corrected chi connectivity index (χ0v) is 9.68. The van der Waals surface area contributed by atoms with E-state index in [-0.39, 0.29) is 12.5 Å². The molecule has 4 N–H and O–H groups in total. The van der Waals surface area contributed by atoms with Crippen LogP contribution in [0.2, 0.25) is 0 Å². The Labute approximate surface area is 98.9 Å². The maximum absolute atomic E-state index is 11.9. The van der Waals surface area contributed by atoms with Crippen LogP contribution >= 0.6 is 0 Å². The molecule has 0 aliphatic carbocycles. The summed E-state index contributed by atoms with van der Waals surface area (Å²) in [7, 11) is 0. The van der Waals surface area contributed by atoms with Crippen molar-refractivity contribution >= 4 is 17.8 Å². The molecule has 1 aliphatic heterocycles. The lowest BCUT2D eigenvalue weighted by molar-refractivity contribution is -0.149. The van der Waals surface area contributed by atoms with Crippen molar-refractivity contribution in [2.45, 2.75) is 31.8 Å². The molecular formula is C10H17N3O4. The second-order valence-corrected chi connectivity index (χ2v) is 4.02. The summed E-state index contributed by atoms with van der Waals surface area (Å²) in [6.45, 7) is 1.74. The van der Waals surface area contributed by atoms with Crippen molar-refractivity contribution in [1.82, 2.24) is 10.2 Å². The van der Waals surface area contributed by atoms with E-state index in [1.807, 2.05) is 0 Å². The number of nitrogens with two attached hydrogens (primary N) is 1. The smallest absolute Gasteiger partial charge is 0.326 e. The van der Waals surface area contributed by atoms with Gasteiger partial charge in [-0.3, -0.25) is 9.59 Å². The molecule has 2 atom stereocenters. The van der Waals surface area contributed by atoms with Crippen LogP contribution in [-0.2, 0) is 14.4 Å². The molecule has 0 aromatic rings. The van der Waals surface area contributed by atoms with Gasteiger partial charge in [-0.2, -0.15) is 0 Å². The number of amides is 2. The van der Waals surface area contributed by atoms with Crippen molar-refractivity contribution in [2.75, 3.05) is 13.1 Å². The van der Waals surface area contributed by atoms with Crippen LogP contribution in [0.3, 0.4) is 0 Å². The van der Waals surface area contributed by atoms with Gasteiger partial charge in [-0.15, -0.1) is 0 Å². The number of carboxylic acids is 1. The average Bonchev–Trinajstić information content (AvgIpc) is 2.76. The van der Waals surface area contributed by atoms with Crippen LogP contribution in [0.1, 0.15) is 19.8 Å². The fraction of sp³-hybridized carbons (Fsp3) is 0.700. The highest BCUT2D eigenvalue weighted by molar-refractivity contribution is 5.90. The lowest BCUT2D eigenvalue weighted by atomic mass is 10.2. The number of rotatable bonds is 4. The number of likely N-dealkylation sites (tertiary alicyclic amines) is 1. The van der Waals surface area contributed by atoms with Crippen LogP contribution < -0.4 is 11.1 Å². The van der Waals surface area contributed by atoms with E-state index < -0.39 is 24.0 Å². The van der Waals surface area contributed by atoms with Crippen LogP contribution in [-0.4, -0.2) is 53.0 Å². The largest absolute Gasteiger partial charge is 0.480 e. The predicted octanol–water partition coefficient (Wildman–Crippen LogP) is -1.47. The van der Waals surface area contributed by atoms with Crippen molar-refractivity contribution in [1.29, 1.82) is 0 Å². The average molecular weight is 243 g/mol. The minimum absolute atomic E-state index is 0.194. The summed E-state index contributed by atoms with van der Waals surface area (Å²) < 4.78 is 0. The zero-order valence-electron chi connectivity index (χ0n) is 9.68. The third-order valence-corrected chi connectivity index (χ3v) is 2.75. The molecule has 2 unspecified atom stereocenters. The lowest BCUT2D eigenvalue weighted by Gasteiger charge is -2.25. The van der Waals surface area contributed by atoms with Gasteiger partial charge in [0.1, 0.15) is 12.1 Å². The van der Waals surface area contributed by atoms with Crippen LogP contribution in [0.4, 0.5) is 0 Å². The van der Waals surface area contributed by atoms with E-state index in [4.69, 9.17) is 10.8 Å². The molecule has 7 nitrogen and oxygen atoms in total. The Balaban J connectivity index is 2.62. The quantitative estimate of drug-likeness (QED) is 0.557.